The van der Waals surface area contributed by atoms with Crippen LogP contribution < -0.4 is 5.32 Å². The Balaban J connectivity index is 1.48. The Kier molecular flexibility index (Phi) is 3.84. The summed E-state index contributed by atoms with van der Waals surface area (Å²) in [5, 5.41) is 13.3. The second-order valence-electron chi connectivity index (χ2n) is 7.15. The van der Waals surface area contributed by atoms with E-state index in [9.17, 15) is 9.50 Å². The second kappa shape index (κ2) is 6.24. The van der Waals surface area contributed by atoms with Crippen molar-refractivity contribution in [1.29, 1.82) is 0 Å². The van der Waals surface area contributed by atoms with Gasteiger partial charge in [0, 0.05) is 0 Å². The topological polar surface area (TPSA) is 85.1 Å². The molecular weight excluding hydrogens is 349 g/mol. The smallest absolute Gasteiger partial charge is 0.173 e. The number of anilines is 1. The molecule has 2 aromatic heterocycles. The van der Waals surface area contributed by atoms with E-state index < -0.39 is 24.6 Å². The van der Waals surface area contributed by atoms with Crippen molar-refractivity contribution in [3.63, 3.8) is 0 Å². The predicted molar refractivity (Wildman–Crippen MR) is 96.9 cm³/mol. The average molecular weight is 369 g/mol. The SMILES string of the molecule is C[C@H]1O[C@@H](n2cnc3c(N[C@H]4CCc5ccccc54)ncnc32)[C@@H](F)[C@@H]1O. The van der Waals surface area contributed by atoms with Gasteiger partial charge < -0.3 is 15.2 Å². The average Bonchev–Trinajstić information content (AvgIpc) is 3.36. The van der Waals surface area contributed by atoms with Crippen LogP contribution >= 0.6 is 0 Å². The van der Waals surface area contributed by atoms with Gasteiger partial charge >= 0.3 is 0 Å². The minimum absolute atomic E-state index is 0.156. The van der Waals surface area contributed by atoms with E-state index in [4.69, 9.17) is 4.74 Å². The molecule has 5 rings (SSSR count). The first kappa shape index (κ1) is 16.6. The third-order valence-electron chi connectivity index (χ3n) is 5.51. The van der Waals surface area contributed by atoms with E-state index in [1.165, 1.54) is 28.3 Å². The van der Waals surface area contributed by atoms with Gasteiger partial charge in [0.1, 0.15) is 12.4 Å². The maximum Gasteiger partial charge on any atom is 0.173 e. The summed E-state index contributed by atoms with van der Waals surface area (Å²) in [6, 6.07) is 8.51. The third kappa shape index (κ3) is 2.59. The number of nitrogens with one attached hydrogen (secondary N) is 1. The van der Waals surface area contributed by atoms with Crippen LogP contribution in [0.2, 0.25) is 0 Å². The fraction of sp³-hybridized carbons (Fsp3) is 0.421. The van der Waals surface area contributed by atoms with Crippen molar-refractivity contribution < 1.29 is 14.2 Å². The minimum atomic E-state index is -1.54. The van der Waals surface area contributed by atoms with E-state index in [2.05, 4.69) is 38.5 Å². The van der Waals surface area contributed by atoms with Crippen LogP contribution in [0, 0.1) is 0 Å². The molecule has 1 aliphatic heterocycles. The molecule has 0 unspecified atom stereocenters. The van der Waals surface area contributed by atoms with Gasteiger partial charge in [0.15, 0.2) is 29.4 Å². The van der Waals surface area contributed by atoms with E-state index in [1.54, 1.807) is 6.92 Å². The van der Waals surface area contributed by atoms with Gasteiger partial charge in [0.25, 0.3) is 0 Å². The van der Waals surface area contributed by atoms with Crippen LogP contribution in [0.15, 0.2) is 36.9 Å². The summed E-state index contributed by atoms with van der Waals surface area (Å²) in [4.78, 5) is 13.0. The number of rotatable bonds is 3. The Morgan fingerprint density at radius 3 is 2.93 bits per heavy atom. The van der Waals surface area contributed by atoms with Gasteiger partial charge in [-0.15, -0.1) is 0 Å². The zero-order chi connectivity index (χ0) is 18.5. The zero-order valence-electron chi connectivity index (χ0n) is 14.8. The molecule has 5 atom stereocenters. The number of nitrogens with zero attached hydrogens (tertiary/aromatic N) is 4. The quantitative estimate of drug-likeness (QED) is 0.738. The Hall–Kier alpha value is -2.58. The molecule has 1 saturated heterocycles. The molecule has 1 aliphatic carbocycles. The summed E-state index contributed by atoms with van der Waals surface area (Å²) in [6.45, 7) is 1.65. The summed E-state index contributed by atoms with van der Waals surface area (Å²) in [7, 11) is 0. The van der Waals surface area contributed by atoms with Crippen molar-refractivity contribution >= 4 is 17.0 Å². The molecule has 0 bridgehead atoms. The number of ether oxygens (including phenoxy) is 1. The predicted octanol–water partition coefficient (Wildman–Crippen LogP) is 2.54. The van der Waals surface area contributed by atoms with Crippen molar-refractivity contribution in [3.05, 3.63) is 48.0 Å². The van der Waals surface area contributed by atoms with E-state index in [-0.39, 0.29) is 6.04 Å². The maximum atomic E-state index is 14.4. The molecule has 8 heteroatoms. The summed E-state index contributed by atoms with van der Waals surface area (Å²) < 4.78 is 21.5. The molecule has 2 N–H and O–H groups in total. The van der Waals surface area contributed by atoms with Crippen molar-refractivity contribution in [2.45, 2.75) is 50.4 Å². The number of hydrogen-bond acceptors (Lipinski definition) is 6. The zero-order valence-corrected chi connectivity index (χ0v) is 14.8. The van der Waals surface area contributed by atoms with Crippen LogP contribution in [-0.2, 0) is 11.2 Å². The van der Waals surface area contributed by atoms with E-state index >= 15 is 0 Å². The van der Waals surface area contributed by atoms with E-state index in [0.29, 0.717) is 17.0 Å². The number of hydrogen-bond donors (Lipinski definition) is 2. The van der Waals surface area contributed by atoms with Crippen LogP contribution in [0.25, 0.3) is 11.2 Å². The lowest BCUT2D eigenvalue weighted by atomic mass is 10.1. The normalized spacial score (nSPS) is 30.0. The highest BCUT2D eigenvalue weighted by molar-refractivity contribution is 5.83. The molecule has 7 nitrogen and oxygen atoms in total. The molecule has 0 amide bonds. The van der Waals surface area contributed by atoms with Crippen molar-refractivity contribution in [1.82, 2.24) is 19.5 Å². The number of aliphatic hydroxyl groups is 1. The number of imidazole rings is 1. The first-order valence-electron chi connectivity index (χ1n) is 9.13. The second-order valence-corrected chi connectivity index (χ2v) is 7.15. The largest absolute Gasteiger partial charge is 0.387 e. The van der Waals surface area contributed by atoms with Gasteiger partial charge in [0.2, 0.25) is 0 Å². The van der Waals surface area contributed by atoms with Gasteiger partial charge in [-0.05, 0) is 30.9 Å². The molecule has 1 fully saturated rings. The van der Waals surface area contributed by atoms with Gasteiger partial charge in [0.05, 0.1) is 18.5 Å². The molecule has 27 heavy (non-hydrogen) atoms. The highest BCUT2D eigenvalue weighted by Crippen LogP contribution is 2.36. The standard InChI is InChI=1S/C19H20FN5O2/c1-10-16(26)14(20)19(27-10)25-9-23-15-17(21-8-22-18(15)25)24-13-7-6-11-4-2-3-5-12(11)13/h2-5,8-10,13-14,16,19,26H,6-7H2,1H3,(H,21,22,24)/t10-,13+,14+,16-,19-/m1/s1. The fourth-order valence-electron chi connectivity index (χ4n) is 4.04. The summed E-state index contributed by atoms with van der Waals surface area (Å²) in [5.41, 5.74) is 3.65. The highest BCUT2D eigenvalue weighted by Gasteiger charge is 2.43. The Bertz CT molecular complexity index is 993. The fourth-order valence-corrected chi connectivity index (χ4v) is 4.04. The van der Waals surface area contributed by atoms with E-state index in [1.807, 2.05) is 6.07 Å². The molecule has 3 aromatic rings. The number of aliphatic hydroxyl groups excluding tert-OH is 1. The molecule has 0 saturated carbocycles. The number of benzene rings is 1. The Labute approximate surface area is 155 Å². The van der Waals surface area contributed by atoms with Crippen molar-refractivity contribution in [2.24, 2.45) is 0 Å². The molecule has 0 radical (unpaired) electrons. The summed E-state index contributed by atoms with van der Waals surface area (Å²) in [6.07, 6.45) is 0.694. The number of aromatic nitrogens is 4. The first-order valence-corrected chi connectivity index (χ1v) is 9.13. The van der Waals surface area contributed by atoms with E-state index in [0.717, 1.165) is 12.8 Å². The van der Waals surface area contributed by atoms with Gasteiger partial charge in [-0.3, -0.25) is 4.57 Å². The monoisotopic (exact) mass is 369 g/mol. The van der Waals surface area contributed by atoms with Crippen LogP contribution in [-0.4, -0.2) is 43.0 Å². The van der Waals surface area contributed by atoms with Crippen molar-refractivity contribution in [3.8, 4) is 0 Å². The van der Waals surface area contributed by atoms with Crippen LogP contribution in [0.5, 0.6) is 0 Å². The molecule has 1 aromatic carbocycles. The number of halogens is 1. The number of aryl methyl sites for hydroxylation is 1. The number of fused-ring (bicyclic) bond motifs is 2. The molecule has 2 aliphatic rings. The Morgan fingerprint density at radius 2 is 2.11 bits per heavy atom. The van der Waals surface area contributed by atoms with Crippen LogP contribution in [0.4, 0.5) is 10.2 Å². The maximum absolute atomic E-state index is 14.4. The minimum Gasteiger partial charge on any atom is -0.387 e. The first-order chi connectivity index (χ1) is 13.1. The van der Waals surface area contributed by atoms with Gasteiger partial charge in [-0.2, -0.15) is 0 Å². The molecule has 0 spiro atoms. The van der Waals surface area contributed by atoms with Gasteiger partial charge in [-0.25, -0.2) is 19.3 Å². The lowest BCUT2D eigenvalue weighted by Crippen LogP contribution is -2.26. The lowest BCUT2D eigenvalue weighted by Gasteiger charge is -2.16. The summed E-state index contributed by atoms with van der Waals surface area (Å²) >= 11 is 0. The van der Waals surface area contributed by atoms with Crippen LogP contribution in [0.3, 0.4) is 0 Å². The van der Waals surface area contributed by atoms with Crippen LogP contribution in [0.1, 0.15) is 36.7 Å². The summed E-state index contributed by atoms with van der Waals surface area (Å²) in [5.74, 6) is 0.613. The third-order valence-corrected chi connectivity index (χ3v) is 5.51. The van der Waals surface area contributed by atoms with Gasteiger partial charge in [-0.1, -0.05) is 24.3 Å². The molecular formula is C19H20FN5O2. The lowest BCUT2D eigenvalue weighted by molar-refractivity contribution is -0.0137. The molecule has 140 valence electrons. The number of alkyl halides is 1. The highest BCUT2D eigenvalue weighted by atomic mass is 19.1. The molecule has 3 heterocycles. The van der Waals surface area contributed by atoms with Crippen molar-refractivity contribution in [2.75, 3.05) is 5.32 Å². The Morgan fingerprint density at radius 1 is 1.26 bits per heavy atom.